The van der Waals surface area contributed by atoms with Gasteiger partial charge in [0.05, 0.1) is 25.5 Å². The molecule has 30 heavy (non-hydrogen) atoms. The smallest absolute Gasteiger partial charge is 0.169 e. The van der Waals surface area contributed by atoms with Gasteiger partial charge in [-0.15, -0.1) is 0 Å². The normalized spacial score (nSPS) is 15.0. The van der Waals surface area contributed by atoms with E-state index in [0.29, 0.717) is 41.4 Å². The van der Waals surface area contributed by atoms with E-state index >= 15 is 0 Å². The molecule has 2 heterocycles. The number of rotatable bonds is 6. The van der Waals surface area contributed by atoms with Gasteiger partial charge < -0.3 is 25.1 Å². The van der Waals surface area contributed by atoms with Crippen LogP contribution in [0.15, 0.2) is 60.9 Å². The highest BCUT2D eigenvalue weighted by atomic mass is 16.5. The molecule has 0 radical (unpaired) electrons. The predicted molar refractivity (Wildman–Crippen MR) is 110 cm³/mol. The number of aliphatic hydroxyl groups excluding tert-OH is 1. The largest absolute Gasteiger partial charge is 0.495 e. The maximum Gasteiger partial charge on any atom is 0.169 e. The van der Waals surface area contributed by atoms with E-state index in [9.17, 15) is 9.90 Å². The minimum atomic E-state index is -1.05. The lowest BCUT2D eigenvalue weighted by Crippen LogP contribution is -2.16. The second-order valence-electron chi connectivity index (χ2n) is 6.91. The van der Waals surface area contributed by atoms with Crippen LogP contribution in [0.3, 0.4) is 0 Å². The summed E-state index contributed by atoms with van der Waals surface area (Å²) >= 11 is 0. The van der Waals surface area contributed by atoms with Gasteiger partial charge >= 0.3 is 0 Å². The van der Waals surface area contributed by atoms with Crippen molar-refractivity contribution in [3.63, 3.8) is 0 Å². The minimum absolute atomic E-state index is 0.0612. The minimum Gasteiger partial charge on any atom is -0.495 e. The van der Waals surface area contributed by atoms with E-state index < -0.39 is 12.3 Å². The average Bonchev–Trinajstić information content (AvgIpc) is 2.77. The fourth-order valence-electron chi connectivity index (χ4n) is 3.41. The molecule has 2 unspecified atom stereocenters. The monoisotopic (exact) mass is 406 g/mol. The second-order valence-corrected chi connectivity index (χ2v) is 6.91. The second kappa shape index (κ2) is 8.52. The fraction of sp³-hybridized carbons (Fsp3) is 0.217. The Bertz CT molecular complexity index is 1050. The summed E-state index contributed by atoms with van der Waals surface area (Å²) in [6.45, 7) is 0.361. The number of ether oxygens (including phenoxy) is 3. The number of nitrogens with zero attached hydrogens (tertiary/aromatic N) is 1. The van der Waals surface area contributed by atoms with Crippen LogP contribution in [-0.4, -0.2) is 29.6 Å². The van der Waals surface area contributed by atoms with Gasteiger partial charge in [-0.05, 0) is 29.3 Å². The number of carbonyl (C=O) groups excluding carboxylic acids is 1. The molecule has 7 nitrogen and oxygen atoms in total. The first-order valence-electron chi connectivity index (χ1n) is 9.55. The van der Waals surface area contributed by atoms with Crippen molar-refractivity contribution in [2.45, 2.75) is 18.8 Å². The van der Waals surface area contributed by atoms with Crippen LogP contribution >= 0.6 is 0 Å². The third-order valence-electron chi connectivity index (χ3n) is 4.99. The van der Waals surface area contributed by atoms with Gasteiger partial charge in [0.15, 0.2) is 11.9 Å². The van der Waals surface area contributed by atoms with Gasteiger partial charge in [0, 0.05) is 24.2 Å². The number of fused-ring (bicyclic) bond motifs is 1. The first-order chi connectivity index (χ1) is 14.6. The summed E-state index contributed by atoms with van der Waals surface area (Å²) in [5.74, 6) is 1.71. The zero-order chi connectivity index (χ0) is 21.1. The summed E-state index contributed by atoms with van der Waals surface area (Å²) in [4.78, 5) is 16.2. The molecule has 4 rings (SSSR count). The number of aliphatic hydroxyl groups is 1. The Morgan fingerprint density at radius 1 is 1.13 bits per heavy atom. The zero-order valence-electron chi connectivity index (χ0n) is 16.4. The summed E-state index contributed by atoms with van der Waals surface area (Å²) in [6.07, 6.45) is 2.09. The number of pyridine rings is 1. The number of hydrogen-bond donors (Lipinski definition) is 2. The number of Topliss-reactive ketones (excluding diaryl/α,β-unsaturated/α-hetero) is 1. The topological polar surface area (TPSA) is 104 Å². The van der Waals surface area contributed by atoms with Crippen LogP contribution in [0.25, 0.3) is 0 Å². The van der Waals surface area contributed by atoms with Gasteiger partial charge in [-0.1, -0.05) is 24.3 Å². The molecule has 1 aliphatic heterocycles. The highest BCUT2D eigenvalue weighted by molar-refractivity contribution is 5.99. The molecule has 1 aromatic heterocycles. The average molecular weight is 406 g/mol. The van der Waals surface area contributed by atoms with Gasteiger partial charge in [-0.25, -0.2) is 0 Å². The lowest BCUT2D eigenvalue weighted by molar-refractivity contribution is 0.0933. The van der Waals surface area contributed by atoms with E-state index in [4.69, 9.17) is 19.9 Å². The van der Waals surface area contributed by atoms with Crippen LogP contribution < -0.4 is 19.9 Å². The quantitative estimate of drug-likeness (QED) is 0.606. The predicted octanol–water partition coefficient (Wildman–Crippen LogP) is 3.17. The number of aromatic nitrogens is 1. The van der Waals surface area contributed by atoms with Crippen LogP contribution in [-0.2, 0) is 0 Å². The van der Waals surface area contributed by atoms with Gasteiger partial charge in [0.2, 0.25) is 0 Å². The Hall–Kier alpha value is -3.42. The molecular weight excluding hydrogens is 384 g/mol. The molecule has 0 spiro atoms. The van der Waals surface area contributed by atoms with Gasteiger partial charge in [0.25, 0.3) is 0 Å². The third kappa shape index (κ3) is 3.98. The van der Waals surface area contributed by atoms with Crippen molar-refractivity contribution in [2.24, 2.45) is 5.73 Å². The van der Waals surface area contributed by atoms with Crippen molar-refractivity contribution in [1.82, 2.24) is 4.98 Å². The van der Waals surface area contributed by atoms with E-state index in [1.54, 1.807) is 49.8 Å². The molecule has 0 amide bonds. The molecule has 1 aliphatic rings. The maximum atomic E-state index is 12.1. The zero-order valence-corrected chi connectivity index (χ0v) is 16.4. The van der Waals surface area contributed by atoms with Crippen LogP contribution in [0.1, 0.15) is 45.8 Å². The number of benzene rings is 2. The molecule has 2 atom stereocenters. The summed E-state index contributed by atoms with van der Waals surface area (Å²) in [5, 5.41) is 9.60. The maximum absolute atomic E-state index is 12.1. The standard InChI is InChI=1S/C23H22N2O5/c1-28-21-13-25-10-8-18(21)22(14-2-4-15(5-3-14)23(24)27)30-16-6-7-17-19(26)9-11-29-20(17)12-16/h2-8,10,12-13,22-23,27H,9,11,24H2,1H3. The number of methoxy groups -OCH3 is 1. The molecule has 0 bridgehead atoms. The molecular formula is C23H22N2O5. The van der Waals surface area contributed by atoms with Crippen molar-refractivity contribution in [3.05, 3.63) is 83.2 Å². The lowest BCUT2D eigenvalue weighted by Gasteiger charge is -2.23. The van der Waals surface area contributed by atoms with Crippen molar-refractivity contribution in [2.75, 3.05) is 13.7 Å². The Kier molecular flexibility index (Phi) is 5.65. The van der Waals surface area contributed by atoms with Gasteiger partial charge in [0.1, 0.15) is 23.5 Å². The van der Waals surface area contributed by atoms with Crippen LogP contribution in [0.5, 0.6) is 17.2 Å². The number of ketones is 1. The van der Waals surface area contributed by atoms with E-state index in [1.165, 1.54) is 0 Å². The highest BCUT2D eigenvalue weighted by Crippen LogP contribution is 2.36. The Morgan fingerprint density at radius 2 is 1.90 bits per heavy atom. The van der Waals surface area contributed by atoms with Crippen molar-refractivity contribution in [3.8, 4) is 17.2 Å². The van der Waals surface area contributed by atoms with Crippen LogP contribution in [0, 0.1) is 0 Å². The van der Waals surface area contributed by atoms with Gasteiger partial charge in [-0.3, -0.25) is 9.78 Å². The molecule has 0 saturated heterocycles. The number of nitrogens with two attached hydrogens (primary N) is 1. The molecule has 7 heteroatoms. The molecule has 2 aromatic carbocycles. The SMILES string of the molecule is COc1cnccc1C(Oc1ccc2c(c1)OCCC2=O)c1ccc(C(N)O)cc1. The Labute approximate surface area is 174 Å². The summed E-state index contributed by atoms with van der Waals surface area (Å²) in [7, 11) is 1.57. The van der Waals surface area contributed by atoms with E-state index in [-0.39, 0.29) is 5.78 Å². The fourth-order valence-corrected chi connectivity index (χ4v) is 3.41. The summed E-state index contributed by atoms with van der Waals surface area (Å²) < 4.78 is 17.5. The number of hydrogen-bond acceptors (Lipinski definition) is 7. The van der Waals surface area contributed by atoms with Crippen molar-refractivity contribution >= 4 is 5.78 Å². The molecule has 0 aliphatic carbocycles. The van der Waals surface area contributed by atoms with Gasteiger partial charge in [-0.2, -0.15) is 0 Å². The Balaban J connectivity index is 1.73. The van der Waals surface area contributed by atoms with Crippen molar-refractivity contribution in [1.29, 1.82) is 0 Å². The first kappa shape index (κ1) is 19.9. The Morgan fingerprint density at radius 3 is 2.63 bits per heavy atom. The van der Waals surface area contributed by atoms with E-state index in [1.807, 2.05) is 18.2 Å². The van der Waals surface area contributed by atoms with Crippen LogP contribution in [0.2, 0.25) is 0 Å². The lowest BCUT2D eigenvalue weighted by atomic mass is 9.99. The molecule has 3 N–H and O–H groups in total. The summed E-state index contributed by atoms with van der Waals surface area (Å²) in [5.41, 5.74) is 8.32. The highest BCUT2D eigenvalue weighted by Gasteiger charge is 2.23. The van der Waals surface area contributed by atoms with Crippen molar-refractivity contribution < 1.29 is 24.1 Å². The van der Waals surface area contributed by atoms with E-state index in [2.05, 4.69) is 4.98 Å². The van der Waals surface area contributed by atoms with E-state index in [0.717, 1.165) is 11.1 Å². The molecule has 154 valence electrons. The number of carbonyl (C=O) groups is 1. The summed E-state index contributed by atoms with van der Waals surface area (Å²) in [6, 6.07) is 14.2. The third-order valence-corrected chi connectivity index (χ3v) is 4.99. The molecule has 0 fully saturated rings. The van der Waals surface area contributed by atoms with Crippen LogP contribution in [0.4, 0.5) is 0 Å². The molecule has 3 aromatic rings. The first-order valence-corrected chi connectivity index (χ1v) is 9.55. The molecule has 0 saturated carbocycles.